The van der Waals surface area contributed by atoms with Crippen molar-refractivity contribution in [3.05, 3.63) is 60.4 Å². The van der Waals surface area contributed by atoms with Gasteiger partial charge in [-0.2, -0.15) is 0 Å². The summed E-state index contributed by atoms with van der Waals surface area (Å²) in [6.45, 7) is 3.14. The number of aromatic nitrogens is 1. The average Bonchev–Trinajstić information content (AvgIpc) is 2.69. The predicted molar refractivity (Wildman–Crippen MR) is 101 cm³/mol. The van der Waals surface area contributed by atoms with E-state index in [1.165, 1.54) is 0 Å². The van der Waals surface area contributed by atoms with Crippen molar-refractivity contribution in [1.82, 2.24) is 15.2 Å². The molecule has 2 heterocycles. The number of hydrogen-bond donors (Lipinski definition) is 2. The Balaban J connectivity index is 1.46. The first-order valence-electron chi connectivity index (χ1n) is 8.95. The first-order valence-corrected chi connectivity index (χ1v) is 8.95. The van der Waals surface area contributed by atoms with Gasteiger partial charge in [0.15, 0.2) is 0 Å². The van der Waals surface area contributed by atoms with Gasteiger partial charge in [-0.3, -0.25) is 9.78 Å². The summed E-state index contributed by atoms with van der Waals surface area (Å²) in [6, 6.07) is 13.2. The number of urea groups is 1. The Hall–Kier alpha value is -2.89. The molecule has 0 bridgehead atoms. The van der Waals surface area contributed by atoms with Crippen LogP contribution < -0.4 is 10.6 Å². The second kappa shape index (κ2) is 8.47. The number of carbonyl (C=O) groups is 2. The maximum atomic E-state index is 12.4. The summed E-state index contributed by atoms with van der Waals surface area (Å²) in [5, 5.41) is 6.00. The van der Waals surface area contributed by atoms with Crippen LogP contribution in [0.1, 0.15) is 31.2 Å². The molecule has 1 aromatic carbocycles. The van der Waals surface area contributed by atoms with Crippen molar-refractivity contribution in [2.75, 3.05) is 18.4 Å². The van der Waals surface area contributed by atoms with Crippen molar-refractivity contribution in [3.8, 4) is 0 Å². The number of piperidine rings is 1. The number of pyridine rings is 1. The number of para-hydroxylation sites is 1. The number of nitrogens with zero attached hydrogens (tertiary/aromatic N) is 2. The van der Waals surface area contributed by atoms with Crippen molar-refractivity contribution in [2.24, 2.45) is 0 Å². The number of carbonyl (C=O) groups excluding carboxylic acids is 2. The van der Waals surface area contributed by atoms with Crippen molar-refractivity contribution < 1.29 is 9.59 Å². The van der Waals surface area contributed by atoms with Gasteiger partial charge in [-0.1, -0.05) is 24.3 Å². The lowest BCUT2D eigenvalue weighted by molar-refractivity contribution is -0.123. The predicted octanol–water partition coefficient (Wildman–Crippen LogP) is 3.00. The summed E-state index contributed by atoms with van der Waals surface area (Å²) in [5.41, 5.74) is 1.70. The van der Waals surface area contributed by atoms with E-state index in [1.54, 1.807) is 17.3 Å². The Kier molecular flexibility index (Phi) is 5.84. The lowest BCUT2D eigenvalue weighted by Gasteiger charge is -2.33. The van der Waals surface area contributed by atoms with Crippen LogP contribution in [-0.4, -0.2) is 41.0 Å². The third kappa shape index (κ3) is 4.59. The first kappa shape index (κ1) is 17.9. The highest BCUT2D eigenvalue weighted by Gasteiger charge is 2.25. The highest BCUT2D eigenvalue weighted by atomic mass is 16.2. The molecule has 26 heavy (non-hydrogen) atoms. The van der Waals surface area contributed by atoms with Crippen LogP contribution in [0.2, 0.25) is 0 Å². The molecule has 1 aromatic heterocycles. The van der Waals surface area contributed by atoms with Gasteiger partial charge in [-0.05, 0) is 43.5 Å². The number of rotatable bonds is 4. The van der Waals surface area contributed by atoms with E-state index in [2.05, 4.69) is 15.6 Å². The highest BCUT2D eigenvalue weighted by Crippen LogP contribution is 2.17. The molecule has 1 unspecified atom stereocenters. The van der Waals surface area contributed by atoms with Crippen LogP contribution in [0.4, 0.5) is 10.5 Å². The fourth-order valence-corrected chi connectivity index (χ4v) is 3.06. The molecule has 1 aliphatic heterocycles. The number of hydrogen-bond acceptors (Lipinski definition) is 3. The minimum atomic E-state index is -0.233. The van der Waals surface area contributed by atoms with Crippen molar-refractivity contribution in [1.29, 1.82) is 0 Å². The van der Waals surface area contributed by atoms with Gasteiger partial charge >= 0.3 is 6.03 Å². The van der Waals surface area contributed by atoms with Gasteiger partial charge in [0.05, 0.1) is 5.92 Å². The molecule has 1 aliphatic rings. The van der Waals surface area contributed by atoms with Gasteiger partial charge in [0, 0.05) is 37.2 Å². The zero-order valence-electron chi connectivity index (χ0n) is 14.9. The molecule has 6 heteroatoms. The van der Waals surface area contributed by atoms with Crippen LogP contribution in [0.25, 0.3) is 0 Å². The molecule has 2 aromatic rings. The normalized spacial score (nSPS) is 16.0. The molecular weight excluding hydrogens is 328 g/mol. The Morgan fingerprint density at radius 3 is 2.50 bits per heavy atom. The number of benzene rings is 1. The third-order valence-electron chi connectivity index (χ3n) is 4.73. The van der Waals surface area contributed by atoms with Crippen molar-refractivity contribution in [3.63, 3.8) is 0 Å². The Morgan fingerprint density at radius 2 is 1.85 bits per heavy atom. The molecular formula is C20H24N4O2. The molecule has 6 nitrogen and oxygen atoms in total. The maximum Gasteiger partial charge on any atom is 0.321 e. The lowest BCUT2D eigenvalue weighted by atomic mass is 10.00. The highest BCUT2D eigenvalue weighted by molar-refractivity contribution is 5.89. The molecule has 1 saturated heterocycles. The summed E-state index contributed by atoms with van der Waals surface area (Å²) in [5.74, 6) is -0.228. The summed E-state index contributed by atoms with van der Waals surface area (Å²) in [4.78, 5) is 30.6. The van der Waals surface area contributed by atoms with Gasteiger partial charge in [0.1, 0.15) is 0 Å². The lowest BCUT2D eigenvalue weighted by Crippen LogP contribution is -2.48. The number of anilines is 1. The van der Waals surface area contributed by atoms with E-state index >= 15 is 0 Å². The SMILES string of the molecule is CC(C(=O)NC1CCN(C(=O)Nc2ccccc2)CC1)c1cccnc1. The zero-order valence-corrected chi connectivity index (χ0v) is 14.9. The molecule has 3 amide bonds. The first-order chi connectivity index (χ1) is 12.6. The van der Waals surface area contributed by atoms with Crippen LogP contribution >= 0.6 is 0 Å². The van der Waals surface area contributed by atoms with Gasteiger partial charge in [-0.25, -0.2) is 4.79 Å². The van der Waals surface area contributed by atoms with E-state index in [1.807, 2.05) is 49.4 Å². The van der Waals surface area contributed by atoms with Crippen LogP contribution in [0.3, 0.4) is 0 Å². The van der Waals surface area contributed by atoms with Crippen LogP contribution in [0.5, 0.6) is 0 Å². The molecule has 0 saturated carbocycles. The van der Waals surface area contributed by atoms with Crippen LogP contribution in [0.15, 0.2) is 54.9 Å². The summed E-state index contributed by atoms with van der Waals surface area (Å²) >= 11 is 0. The quantitative estimate of drug-likeness (QED) is 0.888. The zero-order chi connectivity index (χ0) is 18.4. The standard InChI is InChI=1S/C20H24N4O2/c1-15(16-6-5-11-21-14-16)19(25)22-18-9-12-24(13-10-18)20(26)23-17-7-3-2-4-8-17/h2-8,11,14-15,18H,9-10,12-13H2,1H3,(H,22,25)(H,23,26). The molecule has 0 aliphatic carbocycles. The van der Waals surface area contributed by atoms with E-state index in [0.29, 0.717) is 13.1 Å². The minimum absolute atomic E-state index is 0.00480. The number of nitrogens with one attached hydrogen (secondary N) is 2. The largest absolute Gasteiger partial charge is 0.353 e. The van der Waals surface area contributed by atoms with Crippen LogP contribution in [0, 0.1) is 0 Å². The van der Waals surface area contributed by atoms with Gasteiger partial charge < -0.3 is 15.5 Å². The van der Waals surface area contributed by atoms with E-state index < -0.39 is 0 Å². The fourth-order valence-electron chi connectivity index (χ4n) is 3.06. The van der Waals surface area contributed by atoms with Crippen molar-refractivity contribution in [2.45, 2.75) is 31.7 Å². The Morgan fingerprint density at radius 1 is 1.12 bits per heavy atom. The topological polar surface area (TPSA) is 74.3 Å². The monoisotopic (exact) mass is 352 g/mol. The maximum absolute atomic E-state index is 12.4. The summed E-state index contributed by atoms with van der Waals surface area (Å²) in [6.07, 6.45) is 4.94. The molecule has 1 atom stereocenters. The van der Waals surface area contributed by atoms with Gasteiger partial charge in [0.25, 0.3) is 0 Å². The molecule has 2 N–H and O–H groups in total. The number of likely N-dealkylation sites (tertiary alicyclic amines) is 1. The molecule has 0 spiro atoms. The molecule has 0 radical (unpaired) electrons. The van der Waals surface area contributed by atoms with Crippen LogP contribution in [-0.2, 0) is 4.79 Å². The number of amides is 3. The van der Waals surface area contributed by atoms with E-state index in [4.69, 9.17) is 0 Å². The molecule has 1 fully saturated rings. The summed E-state index contributed by atoms with van der Waals surface area (Å²) in [7, 11) is 0. The molecule has 3 rings (SSSR count). The minimum Gasteiger partial charge on any atom is -0.353 e. The van der Waals surface area contributed by atoms with Crippen molar-refractivity contribution >= 4 is 17.6 Å². The third-order valence-corrected chi connectivity index (χ3v) is 4.73. The van der Waals surface area contributed by atoms with Gasteiger partial charge in [-0.15, -0.1) is 0 Å². The summed E-state index contributed by atoms with van der Waals surface area (Å²) < 4.78 is 0. The van der Waals surface area contributed by atoms with Gasteiger partial charge in [0.2, 0.25) is 5.91 Å². The fraction of sp³-hybridized carbons (Fsp3) is 0.350. The Labute approximate surface area is 153 Å². The smallest absolute Gasteiger partial charge is 0.321 e. The van der Waals surface area contributed by atoms with E-state index in [9.17, 15) is 9.59 Å². The second-order valence-electron chi connectivity index (χ2n) is 6.57. The van der Waals surface area contributed by atoms with E-state index in [0.717, 1.165) is 24.1 Å². The molecule has 136 valence electrons. The average molecular weight is 352 g/mol. The second-order valence-corrected chi connectivity index (χ2v) is 6.57. The van der Waals surface area contributed by atoms with E-state index in [-0.39, 0.29) is 23.9 Å². The Bertz CT molecular complexity index is 728.